The highest BCUT2D eigenvalue weighted by molar-refractivity contribution is 7.89. The molecule has 1 atom stereocenters. The fraction of sp³-hybridized carbons (Fsp3) is 0.316. The normalized spacial score (nSPS) is 12.8. The lowest BCUT2D eigenvalue weighted by molar-refractivity contribution is 0.0939. The Morgan fingerprint density at radius 3 is 2.38 bits per heavy atom. The number of carbonyl (C=O) groups is 1. The number of hydrogen-bond acceptors (Lipinski definition) is 3. The van der Waals surface area contributed by atoms with Crippen LogP contribution in [-0.2, 0) is 10.0 Å². The minimum Gasteiger partial charge on any atom is -0.346 e. The molecule has 0 bridgehead atoms. The molecule has 0 aliphatic carbocycles. The smallest absolute Gasteiger partial charge is 0.251 e. The van der Waals surface area contributed by atoms with Gasteiger partial charge < -0.3 is 5.32 Å². The quantitative estimate of drug-likeness (QED) is 0.775. The summed E-state index contributed by atoms with van der Waals surface area (Å²) in [6, 6.07) is 13.1. The Morgan fingerprint density at radius 1 is 1.12 bits per heavy atom. The summed E-state index contributed by atoms with van der Waals surface area (Å²) in [5.74, 6) is -0.339. The van der Waals surface area contributed by atoms with Gasteiger partial charge >= 0.3 is 0 Å². The third-order valence-electron chi connectivity index (χ3n) is 4.14. The SMILES string of the molecule is CCN(CC)S(=O)(=O)c1cccc(C(=O)N[C@@H](C)c2cccc(Cl)c2)c1. The molecule has 2 rings (SSSR count). The molecule has 0 fully saturated rings. The lowest BCUT2D eigenvalue weighted by atomic mass is 10.1. The summed E-state index contributed by atoms with van der Waals surface area (Å²) in [6.45, 7) is 6.16. The molecular formula is C19H23ClN2O3S. The van der Waals surface area contributed by atoms with Crippen molar-refractivity contribution in [3.05, 3.63) is 64.7 Å². The molecule has 7 heteroatoms. The number of nitrogens with zero attached hydrogens (tertiary/aromatic N) is 1. The summed E-state index contributed by atoms with van der Waals surface area (Å²) < 4.78 is 26.6. The maximum Gasteiger partial charge on any atom is 0.251 e. The van der Waals surface area contributed by atoms with Gasteiger partial charge in [0.05, 0.1) is 10.9 Å². The van der Waals surface area contributed by atoms with Crippen LogP contribution in [-0.4, -0.2) is 31.7 Å². The molecule has 5 nitrogen and oxygen atoms in total. The van der Waals surface area contributed by atoms with Crippen molar-refractivity contribution in [2.75, 3.05) is 13.1 Å². The van der Waals surface area contributed by atoms with Crippen LogP contribution < -0.4 is 5.32 Å². The van der Waals surface area contributed by atoms with E-state index in [1.54, 1.807) is 38.1 Å². The first-order valence-corrected chi connectivity index (χ1v) is 10.3. The van der Waals surface area contributed by atoms with Gasteiger partial charge in [-0.2, -0.15) is 4.31 Å². The summed E-state index contributed by atoms with van der Waals surface area (Å²) in [5.41, 5.74) is 1.17. The second-order valence-electron chi connectivity index (χ2n) is 5.87. The monoisotopic (exact) mass is 394 g/mol. The number of nitrogens with one attached hydrogen (secondary N) is 1. The lowest BCUT2D eigenvalue weighted by Gasteiger charge is -2.19. The summed E-state index contributed by atoms with van der Waals surface area (Å²) in [6.07, 6.45) is 0. The predicted octanol–water partition coefficient (Wildman–Crippen LogP) is 3.86. The molecule has 0 radical (unpaired) electrons. The molecule has 0 saturated heterocycles. The number of carbonyl (C=O) groups excluding carboxylic acids is 1. The molecule has 0 saturated carbocycles. The summed E-state index contributed by atoms with van der Waals surface area (Å²) in [4.78, 5) is 12.7. The maximum atomic E-state index is 12.6. The minimum absolute atomic E-state index is 0.115. The van der Waals surface area contributed by atoms with Gasteiger partial charge in [0.1, 0.15) is 0 Å². The number of hydrogen-bond donors (Lipinski definition) is 1. The van der Waals surface area contributed by atoms with Crippen LogP contribution in [0.2, 0.25) is 5.02 Å². The van der Waals surface area contributed by atoms with Gasteiger partial charge in [-0.05, 0) is 42.8 Å². The average Bonchev–Trinajstić information content (AvgIpc) is 2.62. The van der Waals surface area contributed by atoms with Crippen LogP contribution in [0.25, 0.3) is 0 Å². The van der Waals surface area contributed by atoms with E-state index in [1.165, 1.54) is 16.4 Å². The van der Waals surface area contributed by atoms with Gasteiger partial charge in [0.2, 0.25) is 10.0 Å². The van der Waals surface area contributed by atoms with E-state index < -0.39 is 10.0 Å². The fourth-order valence-corrected chi connectivity index (χ4v) is 4.35. The molecule has 0 aliphatic rings. The van der Waals surface area contributed by atoms with Gasteiger partial charge in [-0.3, -0.25) is 4.79 Å². The van der Waals surface area contributed by atoms with Crippen molar-refractivity contribution in [1.82, 2.24) is 9.62 Å². The second-order valence-corrected chi connectivity index (χ2v) is 8.24. The standard InChI is InChI=1S/C19H23ClN2O3S/c1-4-22(5-2)26(24,25)18-11-7-9-16(13-18)19(23)21-14(3)15-8-6-10-17(20)12-15/h6-14H,4-5H2,1-3H3,(H,21,23)/t14-/m0/s1. The Kier molecular flexibility index (Phi) is 6.81. The van der Waals surface area contributed by atoms with E-state index in [9.17, 15) is 13.2 Å². The van der Waals surface area contributed by atoms with Gasteiger partial charge in [0.15, 0.2) is 0 Å². The molecule has 0 aliphatic heterocycles. The van der Waals surface area contributed by atoms with Crippen LogP contribution in [0.4, 0.5) is 0 Å². The first-order chi connectivity index (χ1) is 12.3. The summed E-state index contributed by atoms with van der Waals surface area (Å²) >= 11 is 5.99. The minimum atomic E-state index is -3.61. The van der Waals surface area contributed by atoms with E-state index in [1.807, 2.05) is 19.1 Å². The Balaban J connectivity index is 2.23. The van der Waals surface area contributed by atoms with Gasteiger partial charge in [0, 0.05) is 23.7 Å². The largest absolute Gasteiger partial charge is 0.346 e. The van der Waals surface area contributed by atoms with E-state index >= 15 is 0 Å². The van der Waals surface area contributed by atoms with Crippen LogP contribution in [0, 0.1) is 0 Å². The van der Waals surface area contributed by atoms with Crippen LogP contribution >= 0.6 is 11.6 Å². The molecule has 2 aromatic carbocycles. The zero-order valence-electron chi connectivity index (χ0n) is 15.1. The molecule has 0 spiro atoms. The van der Waals surface area contributed by atoms with E-state index in [2.05, 4.69) is 5.32 Å². The lowest BCUT2D eigenvalue weighted by Crippen LogP contribution is -2.31. The predicted molar refractivity (Wildman–Crippen MR) is 104 cm³/mol. The number of rotatable bonds is 7. The van der Waals surface area contributed by atoms with E-state index in [0.717, 1.165) is 5.56 Å². The Bertz CT molecular complexity index is 880. The van der Waals surface area contributed by atoms with Crippen LogP contribution in [0.3, 0.4) is 0 Å². The number of sulfonamides is 1. The molecule has 1 N–H and O–H groups in total. The Hall–Kier alpha value is -1.89. The summed E-state index contributed by atoms with van der Waals surface area (Å²) in [7, 11) is -3.61. The Labute approximate surface area is 160 Å². The van der Waals surface area contributed by atoms with Crippen LogP contribution in [0.5, 0.6) is 0 Å². The second kappa shape index (κ2) is 8.66. The third-order valence-corrected chi connectivity index (χ3v) is 6.42. The van der Waals surface area contributed by atoms with Crippen LogP contribution in [0.15, 0.2) is 53.4 Å². The molecule has 0 aromatic heterocycles. The van der Waals surface area contributed by atoms with Gasteiger partial charge in [-0.25, -0.2) is 8.42 Å². The van der Waals surface area contributed by atoms with Crippen molar-refractivity contribution in [1.29, 1.82) is 0 Å². The highest BCUT2D eigenvalue weighted by Crippen LogP contribution is 2.20. The first-order valence-electron chi connectivity index (χ1n) is 8.46. The fourth-order valence-electron chi connectivity index (χ4n) is 2.65. The molecular weight excluding hydrogens is 372 g/mol. The molecule has 1 amide bonds. The maximum absolute atomic E-state index is 12.6. The topological polar surface area (TPSA) is 66.5 Å². The van der Waals surface area contributed by atoms with Crippen molar-refractivity contribution in [3.63, 3.8) is 0 Å². The molecule has 2 aromatic rings. The number of halogens is 1. The van der Waals surface area contributed by atoms with Crippen molar-refractivity contribution >= 4 is 27.5 Å². The molecule has 0 unspecified atom stereocenters. The molecule has 26 heavy (non-hydrogen) atoms. The van der Waals surface area contributed by atoms with E-state index in [4.69, 9.17) is 11.6 Å². The Morgan fingerprint density at radius 2 is 1.77 bits per heavy atom. The van der Waals surface area contributed by atoms with E-state index in [0.29, 0.717) is 23.7 Å². The van der Waals surface area contributed by atoms with Crippen LogP contribution in [0.1, 0.15) is 42.7 Å². The van der Waals surface area contributed by atoms with Crippen molar-refractivity contribution < 1.29 is 13.2 Å². The third kappa shape index (κ3) is 4.63. The van der Waals surface area contributed by atoms with Gasteiger partial charge in [0.25, 0.3) is 5.91 Å². The van der Waals surface area contributed by atoms with E-state index in [-0.39, 0.29) is 16.8 Å². The molecule has 140 valence electrons. The highest BCUT2D eigenvalue weighted by atomic mass is 35.5. The summed E-state index contributed by atoms with van der Waals surface area (Å²) in [5, 5.41) is 3.46. The van der Waals surface area contributed by atoms with Crippen molar-refractivity contribution in [2.45, 2.75) is 31.7 Å². The zero-order valence-corrected chi connectivity index (χ0v) is 16.6. The average molecular weight is 395 g/mol. The van der Waals surface area contributed by atoms with Crippen molar-refractivity contribution in [2.24, 2.45) is 0 Å². The zero-order chi connectivity index (χ0) is 19.3. The highest BCUT2D eigenvalue weighted by Gasteiger charge is 2.22. The number of amides is 1. The van der Waals surface area contributed by atoms with Crippen molar-refractivity contribution in [3.8, 4) is 0 Å². The van der Waals surface area contributed by atoms with Gasteiger partial charge in [-0.15, -0.1) is 0 Å². The van der Waals surface area contributed by atoms with Gasteiger partial charge in [-0.1, -0.05) is 43.6 Å². The molecule has 0 heterocycles. The first kappa shape index (κ1) is 20.4. The number of benzene rings is 2.